The van der Waals surface area contributed by atoms with Gasteiger partial charge >= 0.3 is 0 Å². The van der Waals surface area contributed by atoms with Gasteiger partial charge in [-0.2, -0.15) is 0 Å². The molecule has 0 aromatic heterocycles. The van der Waals surface area contributed by atoms with Crippen molar-refractivity contribution in [1.82, 2.24) is 10.6 Å². The molecule has 0 fully saturated rings. The second-order valence-corrected chi connectivity index (χ2v) is 6.21. The second-order valence-electron chi connectivity index (χ2n) is 6.21. The van der Waals surface area contributed by atoms with Gasteiger partial charge in [0.2, 0.25) is 0 Å². The zero-order valence-corrected chi connectivity index (χ0v) is 13.6. The van der Waals surface area contributed by atoms with Crippen LogP contribution in [0.2, 0.25) is 0 Å². The molecule has 1 aliphatic rings. The third-order valence-corrected chi connectivity index (χ3v) is 4.39. The van der Waals surface area contributed by atoms with Gasteiger partial charge in [0.1, 0.15) is 0 Å². The zero-order chi connectivity index (χ0) is 16.0. The molecule has 2 nitrogen and oxygen atoms in total. The number of hydrogen-bond donors (Lipinski definition) is 2. The first kappa shape index (κ1) is 15.7. The minimum Gasteiger partial charge on any atom is -0.305 e. The van der Waals surface area contributed by atoms with Crippen LogP contribution in [0.4, 0.5) is 0 Å². The highest BCUT2D eigenvalue weighted by Gasteiger charge is 2.30. The average molecular weight is 304 g/mol. The molecular formula is C21H24N2. The normalized spacial score (nSPS) is 23.1. The van der Waals surface area contributed by atoms with E-state index in [1.807, 2.05) is 0 Å². The fourth-order valence-electron chi connectivity index (χ4n) is 2.90. The molecule has 2 atom stereocenters. The van der Waals surface area contributed by atoms with Crippen molar-refractivity contribution in [3.8, 4) is 0 Å². The largest absolute Gasteiger partial charge is 0.305 e. The summed E-state index contributed by atoms with van der Waals surface area (Å²) in [6, 6.07) is 21.3. The van der Waals surface area contributed by atoms with E-state index in [0.717, 1.165) is 13.1 Å². The molecule has 2 unspecified atom stereocenters. The van der Waals surface area contributed by atoms with Crippen molar-refractivity contribution in [1.29, 1.82) is 0 Å². The Kier molecular flexibility index (Phi) is 5.06. The summed E-state index contributed by atoms with van der Waals surface area (Å²) in [5.74, 6) is 0. The average Bonchev–Trinajstić information content (AvgIpc) is 2.61. The van der Waals surface area contributed by atoms with Crippen LogP contribution in [-0.4, -0.2) is 11.6 Å². The van der Waals surface area contributed by atoms with Gasteiger partial charge in [-0.25, -0.2) is 0 Å². The maximum Gasteiger partial charge on any atom is 0.0533 e. The summed E-state index contributed by atoms with van der Waals surface area (Å²) in [5, 5.41) is 7.36. The first-order chi connectivity index (χ1) is 11.3. The van der Waals surface area contributed by atoms with Gasteiger partial charge in [0.05, 0.1) is 5.54 Å². The molecule has 0 saturated heterocycles. The first-order valence-electron chi connectivity index (χ1n) is 8.18. The lowest BCUT2D eigenvalue weighted by atomic mass is 9.87. The molecule has 2 heteroatoms. The van der Waals surface area contributed by atoms with Crippen LogP contribution in [0.1, 0.15) is 18.1 Å². The summed E-state index contributed by atoms with van der Waals surface area (Å²) in [6.07, 6.45) is 8.73. The van der Waals surface area contributed by atoms with E-state index in [1.165, 1.54) is 11.1 Å². The van der Waals surface area contributed by atoms with Crippen LogP contribution in [0.5, 0.6) is 0 Å². The number of benzene rings is 2. The SMILES string of the molecule is CC1(NCc2ccccc2)C=CC=CC1NCc1ccccc1. The van der Waals surface area contributed by atoms with E-state index in [4.69, 9.17) is 0 Å². The lowest BCUT2D eigenvalue weighted by Crippen LogP contribution is -2.56. The highest BCUT2D eigenvalue weighted by atomic mass is 15.1. The maximum absolute atomic E-state index is 3.70. The molecule has 0 amide bonds. The minimum absolute atomic E-state index is 0.0978. The maximum atomic E-state index is 3.70. The zero-order valence-electron chi connectivity index (χ0n) is 13.6. The Bertz CT molecular complexity index is 661. The summed E-state index contributed by atoms with van der Waals surface area (Å²) in [5.41, 5.74) is 2.51. The second kappa shape index (κ2) is 7.40. The molecule has 0 saturated carbocycles. The molecule has 2 aromatic rings. The molecule has 3 rings (SSSR count). The van der Waals surface area contributed by atoms with Crippen LogP contribution in [0, 0.1) is 0 Å². The van der Waals surface area contributed by atoms with Crippen molar-refractivity contribution in [2.75, 3.05) is 0 Å². The molecule has 0 heterocycles. The highest BCUT2D eigenvalue weighted by Crippen LogP contribution is 2.19. The van der Waals surface area contributed by atoms with Gasteiger partial charge in [-0.15, -0.1) is 0 Å². The first-order valence-corrected chi connectivity index (χ1v) is 8.18. The number of allylic oxidation sites excluding steroid dienone is 2. The monoisotopic (exact) mass is 304 g/mol. The van der Waals surface area contributed by atoms with Gasteiger partial charge in [0.25, 0.3) is 0 Å². The van der Waals surface area contributed by atoms with Gasteiger partial charge < -0.3 is 10.6 Å². The molecule has 0 aliphatic heterocycles. The van der Waals surface area contributed by atoms with Crippen molar-refractivity contribution in [2.24, 2.45) is 0 Å². The molecule has 2 aromatic carbocycles. The van der Waals surface area contributed by atoms with Crippen LogP contribution in [0.3, 0.4) is 0 Å². The summed E-state index contributed by atoms with van der Waals surface area (Å²) in [7, 11) is 0. The van der Waals surface area contributed by atoms with Crippen LogP contribution in [0.25, 0.3) is 0 Å². The van der Waals surface area contributed by atoms with Crippen molar-refractivity contribution < 1.29 is 0 Å². The van der Waals surface area contributed by atoms with Crippen LogP contribution < -0.4 is 10.6 Å². The Morgan fingerprint density at radius 3 is 2.09 bits per heavy atom. The minimum atomic E-state index is -0.0978. The Balaban J connectivity index is 1.63. The Morgan fingerprint density at radius 1 is 0.826 bits per heavy atom. The summed E-state index contributed by atoms with van der Waals surface area (Å²) in [4.78, 5) is 0. The van der Waals surface area contributed by atoms with Crippen molar-refractivity contribution in [3.63, 3.8) is 0 Å². The van der Waals surface area contributed by atoms with Gasteiger partial charge in [-0.1, -0.05) is 85.0 Å². The molecule has 0 spiro atoms. The lowest BCUT2D eigenvalue weighted by molar-refractivity contribution is 0.344. The lowest BCUT2D eigenvalue weighted by Gasteiger charge is -2.37. The van der Waals surface area contributed by atoms with E-state index >= 15 is 0 Å². The Labute approximate surface area is 138 Å². The third kappa shape index (κ3) is 4.19. The highest BCUT2D eigenvalue weighted by molar-refractivity contribution is 5.28. The van der Waals surface area contributed by atoms with Gasteiger partial charge in [-0.05, 0) is 18.1 Å². The Hall–Kier alpha value is -2.16. The van der Waals surface area contributed by atoms with Gasteiger partial charge in [0, 0.05) is 19.1 Å². The number of nitrogens with one attached hydrogen (secondary N) is 2. The van der Waals surface area contributed by atoms with Crippen LogP contribution in [0.15, 0.2) is 85.0 Å². The van der Waals surface area contributed by atoms with Gasteiger partial charge in [-0.3, -0.25) is 0 Å². The third-order valence-electron chi connectivity index (χ3n) is 4.39. The standard InChI is InChI=1S/C21H24N2/c1-21(23-17-19-12-6-3-7-13-19)15-9-8-14-20(21)22-16-18-10-4-2-5-11-18/h2-15,20,22-23H,16-17H2,1H3. The number of rotatable bonds is 6. The van der Waals surface area contributed by atoms with Crippen molar-refractivity contribution in [2.45, 2.75) is 31.6 Å². The predicted molar refractivity (Wildman–Crippen MR) is 97.0 cm³/mol. The van der Waals surface area contributed by atoms with Crippen LogP contribution in [-0.2, 0) is 13.1 Å². The van der Waals surface area contributed by atoms with E-state index in [0.29, 0.717) is 0 Å². The fourth-order valence-corrected chi connectivity index (χ4v) is 2.90. The summed E-state index contributed by atoms with van der Waals surface area (Å²) in [6.45, 7) is 3.98. The van der Waals surface area contributed by atoms with E-state index in [2.05, 4.69) is 103 Å². The van der Waals surface area contributed by atoms with Crippen molar-refractivity contribution >= 4 is 0 Å². The molecule has 23 heavy (non-hydrogen) atoms. The van der Waals surface area contributed by atoms with E-state index in [9.17, 15) is 0 Å². The quantitative estimate of drug-likeness (QED) is 0.848. The Morgan fingerprint density at radius 2 is 1.43 bits per heavy atom. The summed E-state index contributed by atoms with van der Waals surface area (Å²) >= 11 is 0. The number of hydrogen-bond acceptors (Lipinski definition) is 2. The van der Waals surface area contributed by atoms with Crippen molar-refractivity contribution in [3.05, 3.63) is 96.1 Å². The molecule has 118 valence electrons. The summed E-state index contributed by atoms with van der Waals surface area (Å²) < 4.78 is 0. The van der Waals surface area contributed by atoms with E-state index in [-0.39, 0.29) is 11.6 Å². The molecule has 0 radical (unpaired) electrons. The molecular weight excluding hydrogens is 280 g/mol. The van der Waals surface area contributed by atoms with E-state index < -0.39 is 0 Å². The van der Waals surface area contributed by atoms with Crippen LogP contribution >= 0.6 is 0 Å². The predicted octanol–water partition coefficient (Wildman–Crippen LogP) is 3.82. The topological polar surface area (TPSA) is 24.1 Å². The molecule has 2 N–H and O–H groups in total. The fraction of sp³-hybridized carbons (Fsp3) is 0.238. The smallest absolute Gasteiger partial charge is 0.0533 e. The van der Waals surface area contributed by atoms with Gasteiger partial charge in [0.15, 0.2) is 0 Å². The molecule has 0 bridgehead atoms. The van der Waals surface area contributed by atoms with E-state index in [1.54, 1.807) is 0 Å². The molecule has 1 aliphatic carbocycles.